The number of rotatable bonds is 3. The average molecular weight is 447 g/mol. The monoisotopic (exact) mass is 446 g/mol. The van der Waals surface area contributed by atoms with Crippen molar-refractivity contribution in [1.82, 2.24) is 9.55 Å². The number of hydrogen-bond acceptors (Lipinski definition) is 3. The summed E-state index contributed by atoms with van der Waals surface area (Å²) >= 11 is 0. The van der Waals surface area contributed by atoms with E-state index in [9.17, 15) is 10.5 Å². The standard InChI is InChI=1S/C31H18N4/c32-19-21-15-25(22-11-13-34-14-12-22)17-26(16-21)35-30-8-4-3-7-28(30)29-10-9-23(18-31(29)35)27-6-2-1-5-24(27)20-33/h1-18H. The molecule has 0 aliphatic rings. The van der Waals surface area contributed by atoms with E-state index >= 15 is 0 Å². The van der Waals surface area contributed by atoms with Gasteiger partial charge in [-0.25, -0.2) is 0 Å². The van der Waals surface area contributed by atoms with Crippen molar-refractivity contribution in [3.05, 3.63) is 121 Å². The summed E-state index contributed by atoms with van der Waals surface area (Å²) in [5.41, 5.74) is 8.05. The molecule has 0 atom stereocenters. The molecule has 0 amide bonds. The van der Waals surface area contributed by atoms with E-state index in [0.717, 1.165) is 49.7 Å². The zero-order chi connectivity index (χ0) is 23.8. The Hall–Kier alpha value is -5.19. The Kier molecular flexibility index (Phi) is 4.84. The second kappa shape index (κ2) is 8.30. The zero-order valence-corrected chi connectivity index (χ0v) is 18.7. The van der Waals surface area contributed by atoms with Gasteiger partial charge in [-0.15, -0.1) is 0 Å². The van der Waals surface area contributed by atoms with Gasteiger partial charge in [0.1, 0.15) is 0 Å². The predicted molar refractivity (Wildman–Crippen MR) is 139 cm³/mol. The molecule has 0 saturated carbocycles. The fourth-order valence-corrected chi connectivity index (χ4v) is 4.76. The first-order valence-electron chi connectivity index (χ1n) is 11.3. The van der Waals surface area contributed by atoms with Crippen LogP contribution < -0.4 is 0 Å². The van der Waals surface area contributed by atoms with Gasteiger partial charge in [0.15, 0.2) is 0 Å². The van der Waals surface area contributed by atoms with E-state index in [0.29, 0.717) is 11.1 Å². The Bertz CT molecular complexity index is 1820. The Labute approximate surface area is 202 Å². The van der Waals surface area contributed by atoms with Crippen LogP contribution in [0.3, 0.4) is 0 Å². The molecule has 0 fully saturated rings. The lowest BCUT2D eigenvalue weighted by atomic mass is 9.99. The van der Waals surface area contributed by atoms with E-state index in [4.69, 9.17) is 0 Å². The van der Waals surface area contributed by atoms with Crippen LogP contribution in [0.2, 0.25) is 0 Å². The zero-order valence-electron chi connectivity index (χ0n) is 18.7. The Morgan fingerprint density at radius 2 is 1.37 bits per heavy atom. The van der Waals surface area contributed by atoms with Gasteiger partial charge in [-0.3, -0.25) is 4.98 Å². The maximum Gasteiger partial charge on any atom is 0.0998 e. The Morgan fingerprint density at radius 3 is 2.20 bits per heavy atom. The van der Waals surface area contributed by atoms with E-state index in [1.54, 1.807) is 12.4 Å². The summed E-state index contributed by atoms with van der Waals surface area (Å²) in [6.45, 7) is 0. The molecule has 35 heavy (non-hydrogen) atoms. The molecule has 6 aromatic rings. The Balaban J connectivity index is 1.67. The van der Waals surface area contributed by atoms with Gasteiger partial charge in [-0.1, -0.05) is 48.5 Å². The third-order valence-corrected chi connectivity index (χ3v) is 6.35. The first kappa shape index (κ1) is 20.4. The van der Waals surface area contributed by atoms with Crippen molar-refractivity contribution in [2.45, 2.75) is 0 Å². The second-order valence-corrected chi connectivity index (χ2v) is 8.36. The topological polar surface area (TPSA) is 65.4 Å². The number of aromatic nitrogens is 2. The first-order valence-corrected chi connectivity index (χ1v) is 11.3. The van der Waals surface area contributed by atoms with Crippen molar-refractivity contribution in [2.75, 3.05) is 0 Å². The van der Waals surface area contributed by atoms with Crippen LogP contribution in [0.1, 0.15) is 11.1 Å². The van der Waals surface area contributed by atoms with Crippen molar-refractivity contribution < 1.29 is 0 Å². The molecular formula is C31H18N4. The molecule has 4 heteroatoms. The number of benzene rings is 4. The smallest absolute Gasteiger partial charge is 0.0998 e. The first-order chi connectivity index (χ1) is 17.3. The van der Waals surface area contributed by atoms with Crippen LogP contribution in [0.15, 0.2) is 109 Å². The third-order valence-electron chi connectivity index (χ3n) is 6.35. The lowest BCUT2D eigenvalue weighted by molar-refractivity contribution is 1.18. The predicted octanol–water partition coefficient (Wildman–Crippen LogP) is 7.26. The molecule has 2 heterocycles. The highest BCUT2D eigenvalue weighted by Crippen LogP contribution is 2.36. The summed E-state index contributed by atoms with van der Waals surface area (Å²) in [7, 11) is 0. The van der Waals surface area contributed by atoms with Gasteiger partial charge >= 0.3 is 0 Å². The van der Waals surface area contributed by atoms with Crippen molar-refractivity contribution in [1.29, 1.82) is 10.5 Å². The number of para-hydroxylation sites is 1. The number of hydrogen-bond donors (Lipinski definition) is 0. The molecule has 0 unspecified atom stereocenters. The van der Waals surface area contributed by atoms with Crippen LogP contribution in [-0.4, -0.2) is 9.55 Å². The molecule has 0 spiro atoms. The van der Waals surface area contributed by atoms with Crippen molar-refractivity contribution in [2.24, 2.45) is 0 Å². The largest absolute Gasteiger partial charge is 0.309 e. The number of fused-ring (bicyclic) bond motifs is 3. The highest BCUT2D eigenvalue weighted by atomic mass is 15.0. The fraction of sp³-hybridized carbons (Fsp3) is 0. The van der Waals surface area contributed by atoms with E-state index in [2.05, 4.69) is 58.1 Å². The van der Waals surface area contributed by atoms with Crippen molar-refractivity contribution >= 4 is 21.8 Å². The summed E-state index contributed by atoms with van der Waals surface area (Å²) in [6.07, 6.45) is 3.51. The summed E-state index contributed by atoms with van der Waals surface area (Å²) in [6, 6.07) is 36.7. The van der Waals surface area contributed by atoms with Crippen LogP contribution >= 0.6 is 0 Å². The quantitative estimate of drug-likeness (QED) is 0.287. The molecular weight excluding hydrogens is 428 g/mol. The van der Waals surface area contributed by atoms with Gasteiger partial charge < -0.3 is 4.57 Å². The van der Waals surface area contributed by atoms with Crippen LogP contribution in [0.25, 0.3) is 49.7 Å². The molecule has 0 aliphatic heterocycles. The molecule has 0 bridgehead atoms. The lowest BCUT2D eigenvalue weighted by Gasteiger charge is -2.12. The van der Waals surface area contributed by atoms with Crippen molar-refractivity contribution in [3.63, 3.8) is 0 Å². The third kappa shape index (κ3) is 3.42. The SMILES string of the molecule is N#Cc1cc(-c2ccncc2)cc(-n2c3ccccc3c3ccc(-c4ccccc4C#N)cc32)c1. The van der Waals surface area contributed by atoms with Gasteiger partial charge in [-0.2, -0.15) is 10.5 Å². The molecule has 0 radical (unpaired) electrons. The van der Waals surface area contributed by atoms with Crippen LogP contribution in [0.5, 0.6) is 0 Å². The minimum absolute atomic E-state index is 0.589. The van der Waals surface area contributed by atoms with Crippen LogP contribution in [-0.2, 0) is 0 Å². The second-order valence-electron chi connectivity index (χ2n) is 8.36. The van der Waals surface area contributed by atoms with E-state index in [1.165, 1.54) is 0 Å². The number of nitriles is 2. The van der Waals surface area contributed by atoms with E-state index in [-0.39, 0.29) is 0 Å². The number of pyridine rings is 1. The average Bonchev–Trinajstić information content (AvgIpc) is 3.27. The molecule has 0 aliphatic carbocycles. The van der Waals surface area contributed by atoms with Gasteiger partial charge in [-0.05, 0) is 70.8 Å². The number of nitrogens with zero attached hydrogens (tertiary/aromatic N) is 4. The molecule has 4 aromatic carbocycles. The molecule has 0 saturated heterocycles. The van der Waals surface area contributed by atoms with E-state index in [1.807, 2.05) is 60.7 Å². The summed E-state index contributed by atoms with van der Waals surface area (Å²) in [4.78, 5) is 4.13. The van der Waals surface area contributed by atoms with Crippen LogP contribution in [0.4, 0.5) is 0 Å². The molecule has 2 aromatic heterocycles. The molecule has 162 valence electrons. The minimum atomic E-state index is 0.589. The van der Waals surface area contributed by atoms with E-state index < -0.39 is 0 Å². The summed E-state index contributed by atoms with van der Waals surface area (Å²) < 4.78 is 2.20. The molecule has 0 N–H and O–H groups in total. The molecule has 4 nitrogen and oxygen atoms in total. The van der Waals surface area contributed by atoms with Gasteiger partial charge in [0.05, 0.1) is 34.3 Å². The maximum absolute atomic E-state index is 9.81. The summed E-state index contributed by atoms with van der Waals surface area (Å²) in [5, 5.41) is 21.7. The fourth-order valence-electron chi connectivity index (χ4n) is 4.76. The van der Waals surface area contributed by atoms with Crippen LogP contribution in [0, 0.1) is 22.7 Å². The lowest BCUT2D eigenvalue weighted by Crippen LogP contribution is -1.96. The van der Waals surface area contributed by atoms with Crippen molar-refractivity contribution in [3.8, 4) is 40.1 Å². The normalized spacial score (nSPS) is 10.8. The van der Waals surface area contributed by atoms with Gasteiger partial charge in [0.2, 0.25) is 0 Å². The highest BCUT2D eigenvalue weighted by molar-refractivity contribution is 6.10. The van der Waals surface area contributed by atoms with Gasteiger partial charge in [0.25, 0.3) is 0 Å². The maximum atomic E-state index is 9.81. The Morgan fingerprint density at radius 1 is 0.600 bits per heavy atom. The summed E-state index contributed by atoms with van der Waals surface area (Å²) in [5.74, 6) is 0. The van der Waals surface area contributed by atoms with Gasteiger partial charge in [0, 0.05) is 28.9 Å². The highest BCUT2D eigenvalue weighted by Gasteiger charge is 2.15. The molecule has 6 rings (SSSR count). The minimum Gasteiger partial charge on any atom is -0.309 e.